The molecule has 0 saturated carbocycles. The van der Waals surface area contributed by atoms with Gasteiger partial charge in [0.1, 0.15) is 5.75 Å². The van der Waals surface area contributed by atoms with Crippen molar-refractivity contribution in [1.29, 1.82) is 0 Å². The largest absolute Gasteiger partial charge is 0.495 e. The molecule has 1 amide bonds. The summed E-state index contributed by atoms with van der Waals surface area (Å²) < 4.78 is 5.07. The summed E-state index contributed by atoms with van der Waals surface area (Å²) in [6.45, 7) is 2.20. The third-order valence-electron chi connectivity index (χ3n) is 2.34. The Labute approximate surface area is 99.4 Å². The molecule has 1 aromatic rings. The smallest absolute Gasteiger partial charge is 0.407 e. The standard InChI is InChI=1S/C11H14ClNO3/c1-7-4-10(16-3)9(12)5-8(7)6-13(2)11(14)15/h4-5H,6H2,1-3H3,(H,14,15). The molecule has 0 fully saturated rings. The van der Waals surface area contributed by atoms with Crippen molar-refractivity contribution in [3.63, 3.8) is 0 Å². The first-order valence-electron chi connectivity index (χ1n) is 4.72. The highest BCUT2D eigenvalue weighted by Gasteiger charge is 2.11. The summed E-state index contributed by atoms with van der Waals surface area (Å²) in [4.78, 5) is 11.9. The number of rotatable bonds is 3. The fraction of sp³-hybridized carbons (Fsp3) is 0.364. The van der Waals surface area contributed by atoms with E-state index < -0.39 is 6.09 Å². The van der Waals surface area contributed by atoms with Crippen molar-refractivity contribution in [1.82, 2.24) is 4.90 Å². The Morgan fingerprint density at radius 3 is 2.69 bits per heavy atom. The molecular weight excluding hydrogens is 230 g/mol. The van der Waals surface area contributed by atoms with Gasteiger partial charge in [-0.15, -0.1) is 0 Å². The van der Waals surface area contributed by atoms with Crippen LogP contribution in [0.5, 0.6) is 5.75 Å². The number of carbonyl (C=O) groups is 1. The maximum Gasteiger partial charge on any atom is 0.407 e. The lowest BCUT2D eigenvalue weighted by atomic mass is 10.1. The lowest BCUT2D eigenvalue weighted by Crippen LogP contribution is -2.24. The van der Waals surface area contributed by atoms with Gasteiger partial charge in [-0.05, 0) is 30.2 Å². The van der Waals surface area contributed by atoms with E-state index in [2.05, 4.69) is 0 Å². The molecule has 0 spiro atoms. The lowest BCUT2D eigenvalue weighted by molar-refractivity contribution is 0.153. The highest BCUT2D eigenvalue weighted by molar-refractivity contribution is 6.32. The zero-order valence-electron chi connectivity index (χ0n) is 9.45. The van der Waals surface area contributed by atoms with Crippen molar-refractivity contribution < 1.29 is 14.6 Å². The molecule has 0 atom stereocenters. The first kappa shape index (κ1) is 12.6. The summed E-state index contributed by atoms with van der Waals surface area (Å²) in [5.41, 5.74) is 1.82. The van der Waals surface area contributed by atoms with Gasteiger partial charge in [0.25, 0.3) is 0 Å². The van der Waals surface area contributed by atoms with Crippen LogP contribution in [0.1, 0.15) is 11.1 Å². The second-order valence-electron chi connectivity index (χ2n) is 3.55. The Bertz CT molecular complexity index is 406. The summed E-state index contributed by atoms with van der Waals surface area (Å²) in [5, 5.41) is 9.26. The molecule has 0 bridgehead atoms. The molecular formula is C11H14ClNO3. The minimum Gasteiger partial charge on any atom is -0.495 e. The predicted octanol–water partition coefficient (Wildman–Crippen LogP) is 2.77. The van der Waals surface area contributed by atoms with Crippen molar-refractivity contribution in [2.45, 2.75) is 13.5 Å². The Morgan fingerprint density at radius 1 is 1.56 bits per heavy atom. The normalized spacial score (nSPS) is 10.0. The van der Waals surface area contributed by atoms with Gasteiger partial charge in [-0.2, -0.15) is 0 Å². The van der Waals surface area contributed by atoms with Crippen LogP contribution in [0.4, 0.5) is 4.79 Å². The van der Waals surface area contributed by atoms with Crippen molar-refractivity contribution >= 4 is 17.7 Å². The number of aryl methyl sites for hydroxylation is 1. The van der Waals surface area contributed by atoms with E-state index in [1.165, 1.54) is 11.9 Å². The highest BCUT2D eigenvalue weighted by Crippen LogP contribution is 2.28. The average Bonchev–Trinajstić information content (AvgIpc) is 2.22. The minimum atomic E-state index is -0.966. The molecule has 4 nitrogen and oxygen atoms in total. The van der Waals surface area contributed by atoms with E-state index in [0.29, 0.717) is 17.3 Å². The maximum absolute atomic E-state index is 10.7. The van der Waals surface area contributed by atoms with E-state index in [1.807, 2.05) is 6.92 Å². The maximum atomic E-state index is 10.7. The number of ether oxygens (including phenoxy) is 1. The molecule has 0 aliphatic carbocycles. The van der Waals surface area contributed by atoms with E-state index in [9.17, 15) is 4.79 Å². The molecule has 0 radical (unpaired) electrons. The van der Waals surface area contributed by atoms with Gasteiger partial charge in [0.2, 0.25) is 0 Å². The third-order valence-corrected chi connectivity index (χ3v) is 2.64. The molecule has 1 aromatic carbocycles. The van der Waals surface area contributed by atoms with Gasteiger partial charge in [-0.3, -0.25) is 0 Å². The molecule has 0 aromatic heterocycles. The zero-order chi connectivity index (χ0) is 12.3. The van der Waals surface area contributed by atoms with Crippen LogP contribution in [0.25, 0.3) is 0 Å². The molecule has 0 heterocycles. The molecule has 0 aliphatic heterocycles. The fourth-order valence-electron chi connectivity index (χ4n) is 1.35. The van der Waals surface area contributed by atoms with Crippen LogP contribution in [0, 0.1) is 6.92 Å². The summed E-state index contributed by atoms with van der Waals surface area (Å²) in [6, 6.07) is 3.53. The number of benzene rings is 1. The summed E-state index contributed by atoms with van der Waals surface area (Å²) in [7, 11) is 3.06. The number of hydrogen-bond donors (Lipinski definition) is 1. The zero-order valence-corrected chi connectivity index (χ0v) is 10.2. The molecule has 0 saturated heterocycles. The fourth-order valence-corrected chi connectivity index (χ4v) is 1.61. The second-order valence-corrected chi connectivity index (χ2v) is 3.96. The van der Waals surface area contributed by atoms with Gasteiger partial charge < -0.3 is 14.7 Å². The van der Waals surface area contributed by atoms with Crippen molar-refractivity contribution in [2.24, 2.45) is 0 Å². The van der Waals surface area contributed by atoms with Gasteiger partial charge in [-0.25, -0.2) is 4.79 Å². The Kier molecular flexibility index (Phi) is 4.01. The Hall–Kier alpha value is -1.42. The van der Waals surface area contributed by atoms with E-state index in [0.717, 1.165) is 11.1 Å². The topological polar surface area (TPSA) is 49.8 Å². The van der Waals surface area contributed by atoms with E-state index in [1.54, 1.807) is 19.2 Å². The summed E-state index contributed by atoms with van der Waals surface area (Å²) >= 11 is 5.97. The van der Waals surface area contributed by atoms with Crippen LogP contribution in [-0.2, 0) is 6.54 Å². The van der Waals surface area contributed by atoms with Crippen LogP contribution in [-0.4, -0.2) is 30.3 Å². The number of methoxy groups -OCH3 is 1. The molecule has 0 aliphatic rings. The second kappa shape index (κ2) is 5.07. The number of carboxylic acid groups (broad SMARTS) is 1. The Morgan fingerprint density at radius 2 is 2.19 bits per heavy atom. The first-order valence-corrected chi connectivity index (χ1v) is 5.10. The molecule has 0 unspecified atom stereocenters. The minimum absolute atomic E-state index is 0.310. The van der Waals surface area contributed by atoms with Crippen LogP contribution in [0.15, 0.2) is 12.1 Å². The number of amides is 1. The molecule has 16 heavy (non-hydrogen) atoms. The predicted molar refractivity (Wildman–Crippen MR) is 62.2 cm³/mol. The molecule has 5 heteroatoms. The lowest BCUT2D eigenvalue weighted by Gasteiger charge is -2.16. The van der Waals surface area contributed by atoms with Gasteiger partial charge in [0, 0.05) is 13.6 Å². The number of nitrogens with zero attached hydrogens (tertiary/aromatic N) is 1. The third kappa shape index (κ3) is 2.79. The van der Waals surface area contributed by atoms with Crippen LogP contribution in [0.3, 0.4) is 0 Å². The van der Waals surface area contributed by atoms with Gasteiger partial charge in [0.15, 0.2) is 0 Å². The first-order chi connectivity index (χ1) is 7.45. The van der Waals surface area contributed by atoms with Gasteiger partial charge in [0.05, 0.1) is 12.1 Å². The van der Waals surface area contributed by atoms with Crippen molar-refractivity contribution in [2.75, 3.05) is 14.2 Å². The van der Waals surface area contributed by atoms with Gasteiger partial charge in [-0.1, -0.05) is 11.6 Å². The van der Waals surface area contributed by atoms with E-state index >= 15 is 0 Å². The summed E-state index contributed by atoms with van der Waals surface area (Å²) in [5.74, 6) is 0.598. The van der Waals surface area contributed by atoms with Crippen LogP contribution < -0.4 is 4.74 Å². The highest BCUT2D eigenvalue weighted by atomic mass is 35.5. The van der Waals surface area contributed by atoms with Crippen LogP contribution in [0.2, 0.25) is 5.02 Å². The van der Waals surface area contributed by atoms with Crippen molar-refractivity contribution in [3.8, 4) is 5.75 Å². The molecule has 1 N–H and O–H groups in total. The molecule has 88 valence electrons. The monoisotopic (exact) mass is 243 g/mol. The Balaban J connectivity index is 2.98. The number of hydrogen-bond acceptors (Lipinski definition) is 2. The van der Waals surface area contributed by atoms with E-state index in [4.69, 9.17) is 21.4 Å². The average molecular weight is 244 g/mol. The van der Waals surface area contributed by atoms with Crippen LogP contribution >= 0.6 is 11.6 Å². The van der Waals surface area contributed by atoms with E-state index in [-0.39, 0.29) is 0 Å². The van der Waals surface area contributed by atoms with Crippen molar-refractivity contribution in [3.05, 3.63) is 28.3 Å². The molecule has 1 rings (SSSR count). The van der Waals surface area contributed by atoms with Gasteiger partial charge >= 0.3 is 6.09 Å². The number of halogens is 1. The quantitative estimate of drug-likeness (QED) is 0.888. The SMILES string of the molecule is COc1cc(C)c(CN(C)C(=O)O)cc1Cl. The summed E-state index contributed by atoms with van der Waals surface area (Å²) in [6.07, 6.45) is -0.966.